The van der Waals surface area contributed by atoms with Crippen LogP contribution >= 0.6 is 0 Å². The summed E-state index contributed by atoms with van der Waals surface area (Å²) in [6.07, 6.45) is 10.8. The van der Waals surface area contributed by atoms with E-state index in [2.05, 4.69) is 21.5 Å². The highest BCUT2D eigenvalue weighted by Crippen LogP contribution is 2.19. The van der Waals surface area contributed by atoms with Crippen molar-refractivity contribution >= 4 is 23.2 Å². The zero-order valence-electron chi connectivity index (χ0n) is 8.51. The Bertz CT molecular complexity index is 529. The maximum Gasteiger partial charge on any atom is 0.116 e. The number of pyridine rings is 1. The van der Waals surface area contributed by atoms with Crippen molar-refractivity contribution in [1.82, 2.24) is 15.0 Å². The SMILES string of the molecule is C=Cc1cnc2cncnc2c1/C=C\C. The number of rotatable bonds is 2. The summed E-state index contributed by atoms with van der Waals surface area (Å²) in [6, 6.07) is 0. The first-order valence-corrected chi connectivity index (χ1v) is 4.70. The van der Waals surface area contributed by atoms with Gasteiger partial charge < -0.3 is 0 Å². The molecule has 74 valence electrons. The number of fused-ring (bicyclic) bond motifs is 1. The van der Waals surface area contributed by atoms with Gasteiger partial charge in [-0.05, 0) is 6.92 Å². The monoisotopic (exact) mass is 197 g/mol. The van der Waals surface area contributed by atoms with Crippen LogP contribution in [0, 0.1) is 0 Å². The number of aromatic nitrogens is 3. The van der Waals surface area contributed by atoms with Crippen LogP contribution in [0.1, 0.15) is 18.1 Å². The molecular formula is C12H11N3. The summed E-state index contributed by atoms with van der Waals surface area (Å²) >= 11 is 0. The van der Waals surface area contributed by atoms with Gasteiger partial charge in [-0.3, -0.25) is 4.98 Å². The Morgan fingerprint density at radius 3 is 2.87 bits per heavy atom. The lowest BCUT2D eigenvalue weighted by Crippen LogP contribution is -1.91. The lowest BCUT2D eigenvalue weighted by atomic mass is 10.1. The van der Waals surface area contributed by atoms with Gasteiger partial charge in [0.1, 0.15) is 11.8 Å². The summed E-state index contributed by atoms with van der Waals surface area (Å²) in [5.41, 5.74) is 3.69. The fourth-order valence-electron chi connectivity index (χ4n) is 1.47. The van der Waals surface area contributed by atoms with Gasteiger partial charge >= 0.3 is 0 Å². The van der Waals surface area contributed by atoms with Crippen molar-refractivity contribution in [2.75, 3.05) is 0 Å². The second-order valence-corrected chi connectivity index (χ2v) is 3.09. The second-order valence-electron chi connectivity index (χ2n) is 3.09. The van der Waals surface area contributed by atoms with Crippen LogP contribution in [0.15, 0.2) is 31.4 Å². The van der Waals surface area contributed by atoms with E-state index in [1.165, 1.54) is 6.33 Å². The number of hydrogen-bond donors (Lipinski definition) is 0. The fraction of sp³-hybridized carbons (Fsp3) is 0.0833. The van der Waals surface area contributed by atoms with E-state index in [4.69, 9.17) is 0 Å². The van der Waals surface area contributed by atoms with Gasteiger partial charge in [-0.2, -0.15) is 0 Å². The smallest absolute Gasteiger partial charge is 0.116 e. The predicted molar refractivity (Wildman–Crippen MR) is 62.1 cm³/mol. The zero-order chi connectivity index (χ0) is 10.7. The van der Waals surface area contributed by atoms with Gasteiger partial charge in [-0.1, -0.05) is 24.8 Å². The highest BCUT2D eigenvalue weighted by Gasteiger charge is 2.04. The molecule has 0 unspecified atom stereocenters. The molecule has 2 heterocycles. The third-order valence-electron chi connectivity index (χ3n) is 2.16. The van der Waals surface area contributed by atoms with Gasteiger partial charge in [-0.25, -0.2) is 9.97 Å². The van der Waals surface area contributed by atoms with E-state index in [0.717, 1.165) is 22.2 Å². The summed E-state index contributed by atoms with van der Waals surface area (Å²) in [6.45, 7) is 5.74. The maximum absolute atomic E-state index is 4.26. The third-order valence-corrected chi connectivity index (χ3v) is 2.16. The first-order chi connectivity index (χ1) is 7.36. The Hall–Kier alpha value is -2.03. The summed E-state index contributed by atoms with van der Waals surface area (Å²) in [7, 11) is 0. The van der Waals surface area contributed by atoms with Gasteiger partial charge in [0.15, 0.2) is 0 Å². The van der Waals surface area contributed by atoms with E-state index in [9.17, 15) is 0 Å². The minimum absolute atomic E-state index is 0.802. The molecule has 0 radical (unpaired) electrons. The average Bonchev–Trinajstić information content (AvgIpc) is 2.30. The Labute approximate surface area is 88.2 Å². The predicted octanol–water partition coefficient (Wildman–Crippen LogP) is 2.70. The van der Waals surface area contributed by atoms with Crippen molar-refractivity contribution in [2.45, 2.75) is 6.92 Å². The molecular weight excluding hydrogens is 186 g/mol. The second kappa shape index (κ2) is 4.00. The summed E-state index contributed by atoms with van der Waals surface area (Å²) in [5, 5.41) is 0. The minimum Gasteiger partial charge on any atom is -0.252 e. The molecule has 0 bridgehead atoms. The lowest BCUT2D eigenvalue weighted by molar-refractivity contribution is 1.19. The van der Waals surface area contributed by atoms with E-state index in [1.54, 1.807) is 18.5 Å². The van der Waals surface area contributed by atoms with Crippen LogP contribution in [0.2, 0.25) is 0 Å². The molecule has 2 aromatic rings. The molecule has 0 aliphatic carbocycles. The van der Waals surface area contributed by atoms with E-state index in [0.29, 0.717) is 0 Å². The molecule has 0 saturated heterocycles. The van der Waals surface area contributed by atoms with Gasteiger partial charge in [-0.15, -0.1) is 0 Å². The number of allylic oxidation sites excluding steroid dienone is 1. The van der Waals surface area contributed by atoms with E-state index >= 15 is 0 Å². The van der Waals surface area contributed by atoms with Crippen molar-refractivity contribution in [3.8, 4) is 0 Å². The van der Waals surface area contributed by atoms with Crippen molar-refractivity contribution in [1.29, 1.82) is 0 Å². The molecule has 2 rings (SSSR count). The van der Waals surface area contributed by atoms with Crippen LogP contribution < -0.4 is 0 Å². The number of nitrogens with zero attached hydrogens (tertiary/aromatic N) is 3. The van der Waals surface area contributed by atoms with Gasteiger partial charge in [0.2, 0.25) is 0 Å². The molecule has 0 aliphatic rings. The van der Waals surface area contributed by atoms with Crippen molar-refractivity contribution in [3.63, 3.8) is 0 Å². The third kappa shape index (κ3) is 1.64. The van der Waals surface area contributed by atoms with Crippen LogP contribution in [0.5, 0.6) is 0 Å². The van der Waals surface area contributed by atoms with E-state index in [1.807, 2.05) is 19.1 Å². The van der Waals surface area contributed by atoms with Crippen LogP contribution in [0.25, 0.3) is 23.2 Å². The van der Waals surface area contributed by atoms with Gasteiger partial charge in [0.25, 0.3) is 0 Å². The molecule has 0 aromatic carbocycles. The van der Waals surface area contributed by atoms with Crippen molar-refractivity contribution in [2.24, 2.45) is 0 Å². The van der Waals surface area contributed by atoms with Crippen molar-refractivity contribution < 1.29 is 0 Å². The summed E-state index contributed by atoms with van der Waals surface area (Å²) < 4.78 is 0. The zero-order valence-corrected chi connectivity index (χ0v) is 8.51. The van der Waals surface area contributed by atoms with E-state index in [-0.39, 0.29) is 0 Å². The van der Waals surface area contributed by atoms with Crippen LogP contribution in [-0.2, 0) is 0 Å². The van der Waals surface area contributed by atoms with Crippen LogP contribution in [-0.4, -0.2) is 15.0 Å². The van der Waals surface area contributed by atoms with Gasteiger partial charge in [0, 0.05) is 17.3 Å². The molecule has 15 heavy (non-hydrogen) atoms. The maximum atomic E-state index is 4.26. The molecule has 2 aromatic heterocycles. The van der Waals surface area contributed by atoms with Gasteiger partial charge in [0.05, 0.1) is 11.7 Å². The lowest BCUT2D eigenvalue weighted by Gasteiger charge is -2.03. The quantitative estimate of drug-likeness (QED) is 0.743. The van der Waals surface area contributed by atoms with Crippen LogP contribution in [0.4, 0.5) is 0 Å². The molecule has 3 heteroatoms. The minimum atomic E-state index is 0.802. The topological polar surface area (TPSA) is 38.7 Å². The normalized spacial score (nSPS) is 11.0. The highest BCUT2D eigenvalue weighted by atomic mass is 14.8. The summed E-state index contributed by atoms with van der Waals surface area (Å²) in [5.74, 6) is 0. The van der Waals surface area contributed by atoms with Crippen LogP contribution in [0.3, 0.4) is 0 Å². The molecule has 0 aliphatic heterocycles. The Kier molecular flexibility index (Phi) is 2.54. The first kappa shape index (κ1) is 9.52. The first-order valence-electron chi connectivity index (χ1n) is 4.70. The fourth-order valence-corrected chi connectivity index (χ4v) is 1.47. The standard InChI is InChI=1S/C12H11N3/c1-3-5-10-9(4-2)6-14-11-7-13-8-15-12(10)11/h3-8H,2H2,1H3/b5-3-. The molecule has 0 spiro atoms. The highest BCUT2D eigenvalue weighted by molar-refractivity contribution is 5.87. The Balaban J connectivity index is 2.84. The molecule has 0 N–H and O–H groups in total. The Morgan fingerprint density at radius 2 is 2.13 bits per heavy atom. The Morgan fingerprint density at radius 1 is 1.27 bits per heavy atom. The molecule has 0 fully saturated rings. The molecule has 3 nitrogen and oxygen atoms in total. The summed E-state index contributed by atoms with van der Waals surface area (Å²) in [4.78, 5) is 12.4. The largest absolute Gasteiger partial charge is 0.252 e. The average molecular weight is 197 g/mol. The molecule has 0 atom stereocenters. The molecule has 0 saturated carbocycles. The van der Waals surface area contributed by atoms with Crippen molar-refractivity contribution in [3.05, 3.63) is 42.5 Å². The number of hydrogen-bond acceptors (Lipinski definition) is 3. The molecule has 0 amide bonds. The van der Waals surface area contributed by atoms with E-state index < -0.39 is 0 Å².